The van der Waals surface area contributed by atoms with Crippen molar-refractivity contribution in [3.8, 4) is 28.7 Å². The second-order valence-corrected chi connectivity index (χ2v) is 9.18. The SMILES string of the molecule is CCCc1cc(-c2ncc(C3CCC3)o2)cc(-c2ccccc2C#N)c1.CCc1ccc(C)nc1. The molecule has 0 atom stereocenters. The van der Waals surface area contributed by atoms with Crippen LogP contribution in [0.4, 0.5) is 0 Å². The zero-order valence-electron chi connectivity index (χ0n) is 20.9. The Morgan fingerprint density at radius 1 is 0.943 bits per heavy atom. The van der Waals surface area contributed by atoms with E-state index in [1.165, 1.54) is 30.4 Å². The Balaban J connectivity index is 0.000000271. The molecule has 1 saturated carbocycles. The van der Waals surface area contributed by atoms with Crippen LogP contribution < -0.4 is 0 Å². The Hall–Kier alpha value is -3.71. The van der Waals surface area contributed by atoms with Crippen LogP contribution >= 0.6 is 0 Å². The van der Waals surface area contributed by atoms with Crippen LogP contribution in [-0.2, 0) is 12.8 Å². The third-order valence-corrected chi connectivity index (χ3v) is 6.55. The van der Waals surface area contributed by atoms with Gasteiger partial charge in [-0.15, -0.1) is 0 Å². The van der Waals surface area contributed by atoms with Gasteiger partial charge in [0.25, 0.3) is 0 Å². The summed E-state index contributed by atoms with van der Waals surface area (Å²) in [6.45, 7) is 6.31. The van der Waals surface area contributed by atoms with E-state index in [1.54, 1.807) is 0 Å². The lowest BCUT2D eigenvalue weighted by Crippen LogP contribution is -2.07. The minimum absolute atomic E-state index is 0.536. The molecule has 0 N–H and O–H groups in total. The summed E-state index contributed by atoms with van der Waals surface area (Å²) >= 11 is 0. The summed E-state index contributed by atoms with van der Waals surface area (Å²) in [7, 11) is 0. The van der Waals surface area contributed by atoms with Crippen molar-refractivity contribution in [2.45, 2.75) is 65.2 Å². The van der Waals surface area contributed by atoms with Gasteiger partial charge >= 0.3 is 0 Å². The van der Waals surface area contributed by atoms with Crippen LogP contribution in [0.25, 0.3) is 22.6 Å². The fourth-order valence-electron chi connectivity index (χ4n) is 4.25. The van der Waals surface area contributed by atoms with E-state index in [0.29, 0.717) is 17.4 Å². The van der Waals surface area contributed by atoms with Crippen LogP contribution in [0.3, 0.4) is 0 Å². The summed E-state index contributed by atoms with van der Waals surface area (Å²) in [6.07, 6.45) is 10.6. The highest BCUT2D eigenvalue weighted by atomic mass is 16.4. The van der Waals surface area contributed by atoms with E-state index in [1.807, 2.05) is 49.6 Å². The van der Waals surface area contributed by atoms with Gasteiger partial charge in [-0.05, 0) is 79.1 Å². The van der Waals surface area contributed by atoms with Crippen molar-refractivity contribution < 1.29 is 4.42 Å². The number of hydrogen-bond acceptors (Lipinski definition) is 4. The van der Waals surface area contributed by atoms with Crippen molar-refractivity contribution in [3.05, 3.63) is 95.1 Å². The highest BCUT2D eigenvalue weighted by Gasteiger charge is 2.24. The molecule has 4 aromatic rings. The number of hydrogen-bond donors (Lipinski definition) is 0. The first-order valence-corrected chi connectivity index (χ1v) is 12.6. The van der Waals surface area contributed by atoms with Gasteiger partial charge in [-0.25, -0.2) is 4.98 Å². The summed E-state index contributed by atoms with van der Waals surface area (Å²) < 4.78 is 6.08. The summed E-state index contributed by atoms with van der Waals surface area (Å²) in [4.78, 5) is 8.69. The highest BCUT2D eigenvalue weighted by Crippen LogP contribution is 2.38. The third-order valence-electron chi connectivity index (χ3n) is 6.55. The maximum Gasteiger partial charge on any atom is 0.226 e. The monoisotopic (exact) mass is 463 g/mol. The lowest BCUT2D eigenvalue weighted by atomic mass is 9.84. The molecule has 178 valence electrons. The molecule has 0 bridgehead atoms. The third kappa shape index (κ3) is 6.05. The molecule has 0 amide bonds. The fourth-order valence-corrected chi connectivity index (χ4v) is 4.25. The Labute approximate surface area is 208 Å². The van der Waals surface area contributed by atoms with Crippen molar-refractivity contribution in [2.75, 3.05) is 0 Å². The van der Waals surface area contributed by atoms with Crippen LogP contribution in [0.1, 0.15) is 73.6 Å². The Kier molecular flexibility index (Phi) is 8.11. The van der Waals surface area contributed by atoms with E-state index in [4.69, 9.17) is 4.42 Å². The molecule has 2 heterocycles. The number of nitriles is 1. The molecule has 0 radical (unpaired) electrons. The molecule has 4 heteroatoms. The smallest absolute Gasteiger partial charge is 0.226 e. The number of rotatable bonds is 6. The van der Waals surface area contributed by atoms with Gasteiger partial charge < -0.3 is 4.42 Å². The molecule has 0 spiro atoms. The second-order valence-electron chi connectivity index (χ2n) is 9.18. The minimum atomic E-state index is 0.536. The second kappa shape index (κ2) is 11.6. The van der Waals surface area contributed by atoms with Crippen molar-refractivity contribution in [2.24, 2.45) is 0 Å². The van der Waals surface area contributed by atoms with Gasteiger partial charge in [-0.3, -0.25) is 4.98 Å². The molecular formula is C31H33N3O. The molecule has 1 fully saturated rings. The summed E-state index contributed by atoms with van der Waals surface area (Å²) in [5.74, 6) is 2.22. The summed E-state index contributed by atoms with van der Waals surface area (Å²) in [5.41, 5.74) is 7.33. The Morgan fingerprint density at radius 2 is 1.74 bits per heavy atom. The standard InChI is InChI=1S/C23H22N2O.C8H11N/c1-2-6-16-11-19(21-10-4-3-7-18(21)14-24)13-20(12-16)23-25-15-22(26-23)17-8-5-9-17;1-3-8-5-4-7(2)9-6-8/h3-4,7,10-13,15,17H,2,5-6,8-9H2,1H3;4-6H,3H2,1-2H3. The van der Waals surface area contributed by atoms with Crippen molar-refractivity contribution >= 4 is 0 Å². The lowest BCUT2D eigenvalue weighted by molar-refractivity contribution is 0.350. The predicted octanol–water partition coefficient (Wildman–Crippen LogP) is 8.05. The number of aryl methyl sites for hydroxylation is 3. The van der Waals surface area contributed by atoms with Crippen LogP contribution in [0.15, 0.2) is 71.4 Å². The van der Waals surface area contributed by atoms with E-state index in [2.05, 4.69) is 54.2 Å². The zero-order valence-corrected chi connectivity index (χ0v) is 20.9. The number of nitrogens with zero attached hydrogens (tertiary/aromatic N) is 3. The van der Waals surface area contributed by atoms with Crippen LogP contribution in [0.5, 0.6) is 0 Å². The first-order chi connectivity index (χ1) is 17.1. The largest absolute Gasteiger partial charge is 0.441 e. The molecule has 4 nitrogen and oxygen atoms in total. The highest BCUT2D eigenvalue weighted by molar-refractivity contribution is 5.75. The van der Waals surface area contributed by atoms with Crippen LogP contribution in [0, 0.1) is 18.3 Å². The number of pyridine rings is 1. The van der Waals surface area contributed by atoms with Gasteiger partial charge in [0.1, 0.15) is 5.76 Å². The molecular weight excluding hydrogens is 430 g/mol. The van der Waals surface area contributed by atoms with E-state index in [-0.39, 0.29) is 0 Å². The number of benzene rings is 2. The summed E-state index contributed by atoms with van der Waals surface area (Å²) in [6, 6.07) is 20.6. The average Bonchev–Trinajstić information content (AvgIpc) is 3.33. The minimum Gasteiger partial charge on any atom is -0.441 e. The molecule has 0 aliphatic heterocycles. The Bertz CT molecular complexity index is 1290. The van der Waals surface area contributed by atoms with Gasteiger partial charge in [-0.1, -0.05) is 57.0 Å². The quantitative estimate of drug-likeness (QED) is 0.290. The average molecular weight is 464 g/mol. The van der Waals surface area contributed by atoms with Gasteiger partial charge in [-0.2, -0.15) is 5.26 Å². The fraction of sp³-hybridized carbons (Fsp3) is 0.323. The maximum atomic E-state index is 9.46. The van der Waals surface area contributed by atoms with Crippen molar-refractivity contribution in [1.82, 2.24) is 9.97 Å². The molecule has 2 aromatic heterocycles. The van der Waals surface area contributed by atoms with Crippen LogP contribution in [-0.4, -0.2) is 9.97 Å². The van der Waals surface area contributed by atoms with Crippen molar-refractivity contribution in [1.29, 1.82) is 5.26 Å². The normalized spacial score (nSPS) is 12.9. The Morgan fingerprint density at radius 3 is 2.40 bits per heavy atom. The summed E-state index contributed by atoms with van der Waals surface area (Å²) in [5, 5.41) is 9.46. The van der Waals surface area contributed by atoms with E-state index in [9.17, 15) is 5.26 Å². The predicted molar refractivity (Wildman–Crippen MR) is 141 cm³/mol. The molecule has 0 unspecified atom stereocenters. The van der Waals surface area contributed by atoms with E-state index in [0.717, 1.165) is 47.4 Å². The van der Waals surface area contributed by atoms with Gasteiger partial charge in [0.15, 0.2) is 0 Å². The molecule has 1 aliphatic carbocycles. The molecule has 35 heavy (non-hydrogen) atoms. The first-order valence-electron chi connectivity index (χ1n) is 12.6. The van der Waals surface area contributed by atoms with Gasteiger partial charge in [0.05, 0.1) is 17.8 Å². The molecule has 2 aromatic carbocycles. The van der Waals surface area contributed by atoms with E-state index < -0.39 is 0 Å². The van der Waals surface area contributed by atoms with Crippen molar-refractivity contribution in [3.63, 3.8) is 0 Å². The zero-order chi connectivity index (χ0) is 24.6. The van der Waals surface area contributed by atoms with Gasteiger partial charge in [0, 0.05) is 23.4 Å². The maximum absolute atomic E-state index is 9.46. The lowest BCUT2D eigenvalue weighted by Gasteiger charge is -2.22. The molecule has 1 aliphatic rings. The molecule has 5 rings (SSSR count). The number of aromatic nitrogens is 2. The van der Waals surface area contributed by atoms with Gasteiger partial charge in [0.2, 0.25) is 5.89 Å². The van der Waals surface area contributed by atoms with E-state index >= 15 is 0 Å². The first kappa shape index (κ1) is 24.4. The molecule has 0 saturated heterocycles. The van der Waals surface area contributed by atoms with Crippen LogP contribution in [0.2, 0.25) is 0 Å². The topological polar surface area (TPSA) is 62.7 Å². The number of oxazole rings is 1.